The van der Waals surface area contributed by atoms with Crippen LogP contribution in [-0.2, 0) is 18.4 Å². The number of aryl methyl sites for hydroxylation is 2. The zero-order chi connectivity index (χ0) is 30.1. The molecule has 0 radical (unpaired) electrons. The first-order valence-electron chi connectivity index (χ1n) is 12.5. The number of anilines is 1. The third kappa shape index (κ3) is 4.99. The number of hydrogen-bond donors (Lipinski definition) is 2. The largest absolute Gasteiger partial charge is 0.421 e. The number of nitrogens with zero attached hydrogens (tertiary/aromatic N) is 5. The first-order valence-corrected chi connectivity index (χ1v) is 12.5. The summed E-state index contributed by atoms with van der Waals surface area (Å²) in [6.07, 6.45) is 3.35. The molecule has 1 amide bonds. The lowest BCUT2D eigenvalue weighted by Gasteiger charge is -2.13. The topological polar surface area (TPSA) is 132 Å². The summed E-state index contributed by atoms with van der Waals surface area (Å²) < 4.78 is 51.7. The van der Waals surface area contributed by atoms with Crippen LogP contribution in [0.3, 0.4) is 0 Å². The number of carbonyl (C=O) groups is 1. The molecule has 3 aromatic heterocycles. The van der Waals surface area contributed by atoms with Crippen LogP contribution in [0.2, 0.25) is 0 Å². The molecule has 9 nitrogen and oxygen atoms in total. The van der Waals surface area contributed by atoms with Gasteiger partial charge in [-0.25, -0.2) is 23.1 Å². The monoisotopic (exact) mass is 569 g/mol. The van der Waals surface area contributed by atoms with Crippen molar-refractivity contribution >= 4 is 22.6 Å². The Kier molecular flexibility index (Phi) is 7.33. The van der Waals surface area contributed by atoms with E-state index in [1.54, 1.807) is 17.7 Å². The van der Waals surface area contributed by atoms with Crippen molar-refractivity contribution in [1.82, 2.24) is 24.8 Å². The van der Waals surface area contributed by atoms with Crippen molar-refractivity contribution in [3.05, 3.63) is 95.7 Å². The van der Waals surface area contributed by atoms with E-state index in [-0.39, 0.29) is 40.9 Å². The molecular formula is C30H22F3N7O2. The zero-order valence-corrected chi connectivity index (χ0v) is 22.4. The fourth-order valence-corrected chi connectivity index (χ4v) is 4.63. The van der Waals surface area contributed by atoms with Gasteiger partial charge in [0.2, 0.25) is 5.91 Å². The van der Waals surface area contributed by atoms with Crippen molar-refractivity contribution in [2.45, 2.75) is 13.5 Å². The van der Waals surface area contributed by atoms with E-state index in [0.29, 0.717) is 33.3 Å². The number of carbonyl (C=O) groups excluding carboxylic acids is 1. The maximum absolute atomic E-state index is 15.7. The van der Waals surface area contributed by atoms with Crippen molar-refractivity contribution in [2.24, 2.45) is 7.05 Å². The number of nitrogens with two attached hydrogens (primary N) is 1. The summed E-state index contributed by atoms with van der Waals surface area (Å²) in [7, 11) is 1.64. The number of amides is 1. The highest BCUT2D eigenvalue weighted by molar-refractivity contribution is 6.10. The van der Waals surface area contributed by atoms with Gasteiger partial charge in [-0.15, -0.1) is 0 Å². The lowest BCUT2D eigenvalue weighted by atomic mass is 9.97. The van der Waals surface area contributed by atoms with E-state index in [2.05, 4.69) is 32.9 Å². The second kappa shape index (κ2) is 11.1. The molecule has 2 aromatic carbocycles. The Balaban J connectivity index is 1.67. The molecule has 0 bridgehead atoms. The van der Waals surface area contributed by atoms with Crippen molar-refractivity contribution in [2.75, 3.05) is 5.73 Å². The number of benzene rings is 2. The van der Waals surface area contributed by atoms with Gasteiger partial charge in [0.15, 0.2) is 17.4 Å². The van der Waals surface area contributed by atoms with E-state index < -0.39 is 23.4 Å². The molecule has 5 rings (SSSR count). The minimum Gasteiger partial charge on any atom is -0.421 e. The first-order chi connectivity index (χ1) is 20.1. The van der Waals surface area contributed by atoms with Crippen molar-refractivity contribution < 1.29 is 22.7 Å². The quantitative estimate of drug-likeness (QED) is 0.248. The van der Waals surface area contributed by atoms with Crippen LogP contribution < -0.4 is 15.8 Å². The molecule has 0 spiro atoms. The smallest absolute Gasteiger partial charge is 0.322 e. The standard InChI is InChI=1S/C30H22F3N7O2/c1-4-24(41)36-12-16-5-7-19(20(31)9-16)28-25(26-27(40(28)3)18(11-34)13-37-29(26)35)17-6-8-23(21(32)10-17)42-30-38-14-22(33)15(2)39-30/h4-10,13-14H,1,12H2,2-3H3,(H2,35,37)(H,36,41). The predicted octanol–water partition coefficient (Wildman–Crippen LogP) is 5.47. The van der Waals surface area contributed by atoms with Gasteiger partial charge in [0, 0.05) is 30.9 Å². The predicted molar refractivity (Wildman–Crippen MR) is 149 cm³/mol. The average molecular weight is 570 g/mol. The Morgan fingerprint density at radius 1 is 1.14 bits per heavy atom. The highest BCUT2D eigenvalue weighted by Crippen LogP contribution is 2.44. The van der Waals surface area contributed by atoms with Gasteiger partial charge in [0.25, 0.3) is 0 Å². The van der Waals surface area contributed by atoms with Gasteiger partial charge in [-0.1, -0.05) is 18.7 Å². The Labute approximate surface area is 237 Å². The maximum Gasteiger partial charge on any atom is 0.322 e. The molecule has 0 aliphatic carbocycles. The molecule has 0 aliphatic heterocycles. The summed E-state index contributed by atoms with van der Waals surface area (Å²) in [6.45, 7) is 4.88. The summed E-state index contributed by atoms with van der Waals surface area (Å²) in [5, 5.41) is 12.7. The van der Waals surface area contributed by atoms with E-state index >= 15 is 8.78 Å². The summed E-state index contributed by atoms with van der Waals surface area (Å²) in [5.41, 5.74) is 8.45. The number of aromatic nitrogens is 4. The van der Waals surface area contributed by atoms with Crippen molar-refractivity contribution in [1.29, 1.82) is 5.26 Å². The molecule has 0 aliphatic rings. The fourth-order valence-electron chi connectivity index (χ4n) is 4.63. The molecule has 0 atom stereocenters. The summed E-state index contributed by atoms with van der Waals surface area (Å²) >= 11 is 0. The van der Waals surface area contributed by atoms with E-state index in [1.165, 1.54) is 43.5 Å². The normalized spacial score (nSPS) is 10.9. The SMILES string of the molecule is C=CC(=O)NCc1ccc(-c2c(-c3ccc(Oc4ncc(F)c(C)n4)c(F)c3)c3c(N)ncc(C#N)c3n2C)c(F)c1. The molecular weight excluding hydrogens is 547 g/mol. The lowest BCUT2D eigenvalue weighted by Crippen LogP contribution is -2.20. The molecule has 3 heterocycles. The Bertz CT molecular complexity index is 1950. The van der Waals surface area contributed by atoms with Crippen LogP contribution in [0.25, 0.3) is 33.3 Å². The van der Waals surface area contributed by atoms with Crippen molar-refractivity contribution in [3.63, 3.8) is 0 Å². The molecule has 0 saturated carbocycles. The molecule has 42 heavy (non-hydrogen) atoms. The van der Waals surface area contributed by atoms with Gasteiger partial charge in [0.05, 0.1) is 34.1 Å². The van der Waals surface area contributed by atoms with Gasteiger partial charge in [-0.3, -0.25) is 4.79 Å². The van der Waals surface area contributed by atoms with Crippen LogP contribution in [-0.4, -0.2) is 25.4 Å². The number of nitrogens with one attached hydrogen (secondary N) is 1. The van der Waals surface area contributed by atoms with E-state index in [0.717, 1.165) is 12.3 Å². The number of hydrogen-bond acceptors (Lipinski definition) is 7. The molecule has 0 saturated heterocycles. The second-order valence-corrected chi connectivity index (χ2v) is 9.24. The molecule has 0 unspecified atom stereocenters. The van der Waals surface area contributed by atoms with Crippen LogP contribution in [0, 0.1) is 35.7 Å². The number of rotatable bonds is 7. The molecule has 5 aromatic rings. The number of ether oxygens (including phenoxy) is 1. The van der Waals surface area contributed by atoms with Crippen molar-refractivity contribution in [3.8, 4) is 40.2 Å². The summed E-state index contributed by atoms with van der Waals surface area (Å²) in [6, 6.07) is 10.3. The first kappa shape index (κ1) is 27.9. The van der Waals surface area contributed by atoms with Crippen LogP contribution >= 0.6 is 0 Å². The van der Waals surface area contributed by atoms with Crippen LogP contribution in [0.4, 0.5) is 19.0 Å². The van der Waals surface area contributed by atoms with Gasteiger partial charge < -0.3 is 20.4 Å². The van der Waals surface area contributed by atoms with Gasteiger partial charge in [0.1, 0.15) is 17.7 Å². The lowest BCUT2D eigenvalue weighted by molar-refractivity contribution is -0.116. The molecule has 12 heteroatoms. The Hall–Kier alpha value is -5.70. The maximum atomic E-state index is 15.7. The number of nitrogen functional groups attached to an aromatic ring is 1. The second-order valence-electron chi connectivity index (χ2n) is 9.24. The minimum atomic E-state index is -0.808. The fraction of sp³-hybridized carbons (Fsp3) is 0.100. The van der Waals surface area contributed by atoms with E-state index in [9.17, 15) is 14.4 Å². The number of halogens is 3. The van der Waals surface area contributed by atoms with Crippen LogP contribution in [0.5, 0.6) is 11.8 Å². The molecule has 3 N–H and O–H groups in total. The van der Waals surface area contributed by atoms with Gasteiger partial charge in [-0.2, -0.15) is 10.2 Å². The van der Waals surface area contributed by atoms with Gasteiger partial charge in [-0.05, 0) is 48.4 Å². The average Bonchev–Trinajstić information content (AvgIpc) is 3.28. The van der Waals surface area contributed by atoms with E-state index in [4.69, 9.17) is 10.5 Å². The highest BCUT2D eigenvalue weighted by Gasteiger charge is 2.26. The summed E-state index contributed by atoms with van der Waals surface area (Å²) in [5.74, 6) is -2.64. The van der Waals surface area contributed by atoms with E-state index in [1.807, 2.05) is 0 Å². The molecule has 210 valence electrons. The third-order valence-electron chi connectivity index (χ3n) is 6.62. The Morgan fingerprint density at radius 3 is 2.60 bits per heavy atom. The Morgan fingerprint density at radius 2 is 1.93 bits per heavy atom. The van der Waals surface area contributed by atoms with Gasteiger partial charge >= 0.3 is 6.01 Å². The number of fused-ring (bicyclic) bond motifs is 1. The molecule has 0 fully saturated rings. The van der Waals surface area contributed by atoms with Crippen LogP contribution in [0.15, 0.2) is 61.4 Å². The third-order valence-corrected chi connectivity index (χ3v) is 6.62. The zero-order valence-electron chi connectivity index (χ0n) is 22.4. The highest BCUT2D eigenvalue weighted by atomic mass is 19.1. The number of pyridine rings is 1. The van der Waals surface area contributed by atoms with Crippen LogP contribution in [0.1, 0.15) is 16.8 Å². The summed E-state index contributed by atoms with van der Waals surface area (Å²) in [4.78, 5) is 23.3. The minimum absolute atomic E-state index is 0.0322. The number of nitriles is 1.